The highest BCUT2D eigenvalue weighted by Crippen LogP contribution is 2.26. The van der Waals surface area contributed by atoms with E-state index in [1.54, 1.807) is 6.92 Å². The lowest BCUT2D eigenvalue weighted by atomic mass is 9.98. The molecule has 2 atom stereocenters. The fraction of sp³-hybridized carbons (Fsp3) is 0.857. The van der Waals surface area contributed by atoms with Crippen LogP contribution in [0.25, 0.3) is 0 Å². The van der Waals surface area contributed by atoms with Gasteiger partial charge in [-0.2, -0.15) is 0 Å². The van der Waals surface area contributed by atoms with Crippen molar-refractivity contribution in [1.82, 2.24) is 0 Å². The van der Waals surface area contributed by atoms with E-state index in [4.69, 9.17) is 4.74 Å². The van der Waals surface area contributed by atoms with E-state index < -0.39 is 16.8 Å². The fourth-order valence-electron chi connectivity index (χ4n) is 1.19. The van der Waals surface area contributed by atoms with Crippen LogP contribution in [0.4, 0.5) is 0 Å². The van der Waals surface area contributed by atoms with Crippen molar-refractivity contribution in [2.45, 2.75) is 32.6 Å². The van der Waals surface area contributed by atoms with Gasteiger partial charge in [0.15, 0.2) is 0 Å². The summed E-state index contributed by atoms with van der Waals surface area (Å²) in [6, 6.07) is 0. The normalized spacial score (nSPS) is 31.8. The molecule has 0 aromatic carbocycles. The Morgan fingerprint density at radius 1 is 1.79 bits per heavy atom. The Kier molecular flexibility index (Phi) is 2.61. The minimum absolute atomic E-state index is 0.0130. The molecule has 1 heterocycles. The van der Waals surface area contributed by atoms with Gasteiger partial charge >= 0.3 is 5.54 Å². The molecule has 80 valence electrons. The van der Waals surface area contributed by atoms with Crippen LogP contribution in [0.2, 0.25) is 0 Å². The van der Waals surface area contributed by atoms with E-state index in [-0.39, 0.29) is 17.2 Å². The van der Waals surface area contributed by atoms with E-state index in [0.29, 0.717) is 0 Å². The summed E-state index contributed by atoms with van der Waals surface area (Å²) in [6.45, 7) is 4.58. The lowest BCUT2D eigenvalue weighted by Gasteiger charge is -2.20. The van der Waals surface area contributed by atoms with Gasteiger partial charge in [-0.05, 0) is 6.92 Å². The molecular weight excluding hydrogens is 192 g/mol. The van der Waals surface area contributed by atoms with Crippen LogP contribution in [-0.4, -0.2) is 34.0 Å². The van der Waals surface area contributed by atoms with Gasteiger partial charge in [-0.15, -0.1) is 0 Å². The van der Waals surface area contributed by atoms with Gasteiger partial charge in [0.05, 0.1) is 0 Å². The van der Waals surface area contributed by atoms with Crippen molar-refractivity contribution in [3.05, 3.63) is 15.3 Å². The number of hydrogen-bond acceptors (Lipinski definition) is 5. The van der Waals surface area contributed by atoms with E-state index in [1.807, 2.05) is 0 Å². The summed E-state index contributed by atoms with van der Waals surface area (Å²) in [6.07, 6.45) is -1.15. The van der Waals surface area contributed by atoms with Gasteiger partial charge in [0, 0.05) is 30.3 Å². The molecule has 0 bridgehead atoms. The van der Waals surface area contributed by atoms with Gasteiger partial charge in [-0.3, -0.25) is 15.3 Å². The van der Waals surface area contributed by atoms with Crippen LogP contribution in [-0.2, 0) is 9.57 Å². The largest absolute Gasteiger partial charge is 0.363 e. The van der Waals surface area contributed by atoms with Crippen molar-refractivity contribution in [3.63, 3.8) is 0 Å². The summed E-state index contributed by atoms with van der Waals surface area (Å²) in [4.78, 5) is 15.1. The molecule has 0 saturated heterocycles. The fourth-order valence-corrected chi connectivity index (χ4v) is 1.19. The second-order valence-electron chi connectivity index (χ2n) is 3.14. The molecule has 1 aliphatic heterocycles. The minimum Gasteiger partial charge on any atom is -0.363 e. The molecule has 7 nitrogen and oxygen atoms in total. The van der Waals surface area contributed by atoms with Crippen LogP contribution in [0.1, 0.15) is 20.8 Å². The maximum absolute atomic E-state index is 11.1. The molecule has 7 heteroatoms. The second-order valence-corrected chi connectivity index (χ2v) is 3.14. The van der Waals surface area contributed by atoms with Crippen LogP contribution >= 0.6 is 0 Å². The predicted molar refractivity (Wildman–Crippen MR) is 46.2 cm³/mol. The Balaban J connectivity index is 3.01. The lowest BCUT2D eigenvalue weighted by Crippen LogP contribution is -2.50. The molecule has 0 aromatic rings. The molecule has 0 saturated carbocycles. The number of nitro groups is 1. The monoisotopic (exact) mass is 204 g/mol. The van der Waals surface area contributed by atoms with E-state index in [1.165, 1.54) is 13.8 Å². The van der Waals surface area contributed by atoms with E-state index in [9.17, 15) is 15.3 Å². The molecule has 0 fully saturated rings. The van der Waals surface area contributed by atoms with Crippen LogP contribution < -0.4 is 0 Å². The Bertz CT molecular complexity index is 290. The minimum atomic E-state index is -1.60. The van der Waals surface area contributed by atoms with Crippen molar-refractivity contribution in [2.75, 3.05) is 6.61 Å². The topological polar surface area (TPSA) is 87.7 Å². The lowest BCUT2D eigenvalue weighted by molar-refractivity contribution is -0.756. The summed E-state index contributed by atoms with van der Waals surface area (Å²) < 4.78 is 4.99. The van der Waals surface area contributed by atoms with Crippen molar-refractivity contribution in [2.24, 2.45) is 0 Å². The highest BCUT2D eigenvalue weighted by molar-refractivity contribution is 5.86. The Morgan fingerprint density at radius 3 is 2.79 bits per heavy atom. The third kappa shape index (κ3) is 1.29. The van der Waals surface area contributed by atoms with Gasteiger partial charge in [0.25, 0.3) is 5.71 Å². The Hall–Kier alpha value is -1.37. The first-order valence-corrected chi connectivity index (χ1v) is 4.18. The maximum Gasteiger partial charge on any atom is 0.343 e. The summed E-state index contributed by atoms with van der Waals surface area (Å²) in [5.41, 5.74) is -1.61. The standard InChI is InChI=1S/C7H12N2O5/c1-4-13-6-7(3,9(11)12)5(2)8(10)14-6/h6H,4H2,1-3H3. The third-order valence-corrected chi connectivity index (χ3v) is 2.35. The van der Waals surface area contributed by atoms with Gasteiger partial charge in [-0.25, -0.2) is 0 Å². The third-order valence-electron chi connectivity index (χ3n) is 2.35. The van der Waals surface area contributed by atoms with Crippen LogP contribution in [0.3, 0.4) is 0 Å². The number of ether oxygens (including phenoxy) is 1. The van der Waals surface area contributed by atoms with Crippen molar-refractivity contribution in [1.29, 1.82) is 0 Å². The summed E-state index contributed by atoms with van der Waals surface area (Å²) >= 11 is 0. The highest BCUT2D eigenvalue weighted by Gasteiger charge is 2.60. The summed E-state index contributed by atoms with van der Waals surface area (Å²) in [5, 5.41) is 21.9. The Morgan fingerprint density at radius 2 is 2.36 bits per heavy atom. The van der Waals surface area contributed by atoms with Gasteiger partial charge in [0.1, 0.15) is 0 Å². The highest BCUT2D eigenvalue weighted by atomic mass is 16.9. The van der Waals surface area contributed by atoms with Crippen molar-refractivity contribution < 1.29 is 19.4 Å². The molecule has 0 aromatic heterocycles. The number of rotatable bonds is 3. The average Bonchev–Trinajstić information content (AvgIpc) is 2.32. The van der Waals surface area contributed by atoms with E-state index >= 15 is 0 Å². The van der Waals surface area contributed by atoms with E-state index in [2.05, 4.69) is 4.84 Å². The second kappa shape index (κ2) is 3.41. The molecular formula is C7H12N2O5. The molecule has 14 heavy (non-hydrogen) atoms. The molecule has 0 amide bonds. The van der Waals surface area contributed by atoms with Crippen LogP contribution in [0.15, 0.2) is 0 Å². The van der Waals surface area contributed by atoms with Crippen LogP contribution in [0.5, 0.6) is 0 Å². The zero-order valence-electron chi connectivity index (χ0n) is 8.22. The first-order valence-electron chi connectivity index (χ1n) is 4.18. The molecule has 1 aliphatic rings. The van der Waals surface area contributed by atoms with Crippen molar-refractivity contribution in [3.8, 4) is 0 Å². The number of hydrogen-bond donors (Lipinski definition) is 0. The average molecular weight is 204 g/mol. The zero-order valence-corrected chi connectivity index (χ0v) is 8.22. The predicted octanol–water partition coefficient (Wildman–Crippen LogP) is 0.301. The molecule has 0 spiro atoms. The first kappa shape index (κ1) is 10.7. The van der Waals surface area contributed by atoms with Gasteiger partial charge < -0.3 is 9.57 Å². The molecule has 2 unspecified atom stereocenters. The van der Waals surface area contributed by atoms with E-state index in [0.717, 1.165) is 0 Å². The van der Waals surface area contributed by atoms with Crippen LogP contribution in [0, 0.1) is 15.3 Å². The molecule has 1 rings (SSSR count). The van der Waals surface area contributed by atoms with Gasteiger partial charge in [-0.1, -0.05) is 0 Å². The number of nitrogens with zero attached hydrogens (tertiary/aromatic N) is 2. The first-order chi connectivity index (χ1) is 6.44. The zero-order chi connectivity index (χ0) is 10.9. The molecule has 0 radical (unpaired) electrons. The van der Waals surface area contributed by atoms with Crippen molar-refractivity contribution >= 4 is 5.71 Å². The maximum atomic E-state index is 11.1. The quantitative estimate of drug-likeness (QED) is 0.375. The molecule has 0 N–H and O–H groups in total. The summed E-state index contributed by atoms with van der Waals surface area (Å²) in [7, 11) is 0. The molecule has 0 aliphatic carbocycles. The van der Waals surface area contributed by atoms with Gasteiger partial charge in [0.2, 0.25) is 6.29 Å². The summed E-state index contributed by atoms with van der Waals surface area (Å²) in [5.74, 6) is 0. The SMILES string of the molecule is CCOC1O[N+]([O-])=C(C)C1(C)[N+](=O)[O-]. The smallest absolute Gasteiger partial charge is 0.343 e. The Labute approximate surface area is 80.6 Å².